The van der Waals surface area contributed by atoms with Gasteiger partial charge in [0.25, 0.3) is 11.5 Å². The van der Waals surface area contributed by atoms with Crippen LogP contribution in [0.2, 0.25) is 0 Å². The third kappa shape index (κ3) is 3.76. The molecule has 6 nitrogen and oxygen atoms in total. The van der Waals surface area contributed by atoms with Crippen molar-refractivity contribution in [2.24, 2.45) is 0 Å². The minimum absolute atomic E-state index is 0.0645. The Bertz CT molecular complexity index is 625. The summed E-state index contributed by atoms with van der Waals surface area (Å²) in [5.74, 6) is -0.308. The number of aliphatic hydroxyl groups excluding tert-OH is 1. The first kappa shape index (κ1) is 14.0. The Morgan fingerprint density at radius 2 is 2.20 bits per heavy atom. The number of hydrogen-bond donors (Lipinski definition) is 2. The predicted molar refractivity (Wildman–Crippen MR) is 73.3 cm³/mol. The molecule has 2 aromatic heterocycles. The highest BCUT2D eigenvalue weighted by atomic mass is 16.3. The number of amides is 1. The minimum atomic E-state index is -0.837. The fourth-order valence-corrected chi connectivity index (χ4v) is 1.71. The average molecular weight is 273 g/mol. The average Bonchev–Trinajstić information content (AvgIpc) is 2.48. The van der Waals surface area contributed by atoms with Gasteiger partial charge in [-0.2, -0.15) is 0 Å². The van der Waals surface area contributed by atoms with Crippen LogP contribution >= 0.6 is 0 Å². The second-order valence-electron chi connectivity index (χ2n) is 4.30. The monoisotopic (exact) mass is 273 g/mol. The number of carbonyl (C=O) groups is 1. The lowest BCUT2D eigenvalue weighted by Crippen LogP contribution is -2.36. The normalized spacial score (nSPS) is 11.8. The molecule has 0 fully saturated rings. The van der Waals surface area contributed by atoms with E-state index in [1.165, 1.54) is 16.8 Å². The molecule has 0 saturated carbocycles. The van der Waals surface area contributed by atoms with Gasteiger partial charge in [-0.1, -0.05) is 6.07 Å². The van der Waals surface area contributed by atoms with E-state index in [-0.39, 0.29) is 24.6 Å². The third-order valence-corrected chi connectivity index (χ3v) is 2.73. The summed E-state index contributed by atoms with van der Waals surface area (Å²) >= 11 is 0. The van der Waals surface area contributed by atoms with Gasteiger partial charge < -0.3 is 15.0 Å². The lowest BCUT2D eigenvalue weighted by Gasteiger charge is -2.13. The molecule has 2 rings (SSSR count). The molecule has 0 aliphatic heterocycles. The van der Waals surface area contributed by atoms with E-state index in [1.807, 2.05) is 0 Å². The molecule has 2 N–H and O–H groups in total. The Morgan fingerprint density at radius 3 is 2.90 bits per heavy atom. The Hall–Kier alpha value is -2.47. The molecule has 1 unspecified atom stereocenters. The molecular weight excluding hydrogens is 258 g/mol. The topological polar surface area (TPSA) is 84.2 Å². The van der Waals surface area contributed by atoms with Gasteiger partial charge in [0.2, 0.25) is 0 Å². The molecule has 0 radical (unpaired) electrons. The Labute approximate surface area is 115 Å². The van der Waals surface area contributed by atoms with E-state index in [9.17, 15) is 14.7 Å². The minimum Gasteiger partial charge on any atom is -0.389 e. The number of nitrogens with zero attached hydrogens (tertiary/aromatic N) is 2. The number of aliphatic hydroxyl groups is 1. The zero-order chi connectivity index (χ0) is 14.4. The van der Waals surface area contributed by atoms with Gasteiger partial charge in [0.1, 0.15) is 0 Å². The molecule has 104 valence electrons. The first-order valence-electron chi connectivity index (χ1n) is 6.18. The van der Waals surface area contributed by atoms with Crippen LogP contribution in [0.4, 0.5) is 0 Å². The maximum Gasteiger partial charge on any atom is 0.252 e. The molecule has 0 aromatic carbocycles. The summed E-state index contributed by atoms with van der Waals surface area (Å²) in [6, 6.07) is 8.06. The van der Waals surface area contributed by atoms with Gasteiger partial charge >= 0.3 is 0 Å². The standard InChI is InChI=1S/C14H15N3O3/c18-12(10-17-7-2-1-5-13(17)19)9-16-14(20)11-4-3-6-15-8-11/h1-8,12,18H,9-10H2,(H,16,20). The van der Waals surface area contributed by atoms with Crippen LogP contribution in [0.5, 0.6) is 0 Å². The lowest BCUT2D eigenvalue weighted by atomic mass is 10.2. The van der Waals surface area contributed by atoms with E-state index in [2.05, 4.69) is 10.3 Å². The highest BCUT2D eigenvalue weighted by Crippen LogP contribution is 1.95. The fraction of sp³-hybridized carbons (Fsp3) is 0.214. The van der Waals surface area contributed by atoms with Crippen LogP contribution < -0.4 is 10.9 Å². The van der Waals surface area contributed by atoms with Crippen LogP contribution in [0, 0.1) is 0 Å². The van der Waals surface area contributed by atoms with Gasteiger partial charge in [-0.05, 0) is 18.2 Å². The van der Waals surface area contributed by atoms with Crippen molar-refractivity contribution in [1.82, 2.24) is 14.9 Å². The largest absolute Gasteiger partial charge is 0.389 e. The molecule has 1 amide bonds. The van der Waals surface area contributed by atoms with E-state index in [1.54, 1.807) is 36.7 Å². The maximum atomic E-state index is 11.7. The molecular formula is C14H15N3O3. The van der Waals surface area contributed by atoms with Crippen molar-refractivity contribution in [2.75, 3.05) is 6.54 Å². The summed E-state index contributed by atoms with van der Waals surface area (Å²) in [6.45, 7) is 0.196. The summed E-state index contributed by atoms with van der Waals surface area (Å²) in [5, 5.41) is 12.4. The van der Waals surface area contributed by atoms with Gasteiger partial charge in [0, 0.05) is 31.2 Å². The number of rotatable bonds is 5. The van der Waals surface area contributed by atoms with Gasteiger partial charge in [-0.25, -0.2) is 0 Å². The SMILES string of the molecule is O=C(NCC(O)Cn1ccccc1=O)c1cccnc1. The van der Waals surface area contributed by atoms with Gasteiger partial charge in [-0.15, -0.1) is 0 Å². The van der Waals surface area contributed by atoms with Crippen LogP contribution in [0.1, 0.15) is 10.4 Å². The first-order chi connectivity index (χ1) is 9.66. The second-order valence-corrected chi connectivity index (χ2v) is 4.30. The van der Waals surface area contributed by atoms with Gasteiger partial charge in [-0.3, -0.25) is 14.6 Å². The van der Waals surface area contributed by atoms with E-state index >= 15 is 0 Å². The lowest BCUT2D eigenvalue weighted by molar-refractivity contribution is 0.0903. The van der Waals surface area contributed by atoms with Crippen molar-refractivity contribution >= 4 is 5.91 Å². The summed E-state index contributed by atoms with van der Waals surface area (Å²) in [4.78, 5) is 27.1. The highest BCUT2D eigenvalue weighted by Gasteiger charge is 2.09. The van der Waals surface area contributed by atoms with Crippen LogP contribution in [-0.4, -0.2) is 33.2 Å². The molecule has 20 heavy (non-hydrogen) atoms. The molecule has 2 heterocycles. The van der Waals surface area contributed by atoms with Crippen molar-refractivity contribution in [3.8, 4) is 0 Å². The smallest absolute Gasteiger partial charge is 0.252 e. The number of hydrogen-bond acceptors (Lipinski definition) is 4. The van der Waals surface area contributed by atoms with Gasteiger partial charge in [0.15, 0.2) is 0 Å². The maximum absolute atomic E-state index is 11.7. The van der Waals surface area contributed by atoms with E-state index in [4.69, 9.17) is 0 Å². The zero-order valence-electron chi connectivity index (χ0n) is 10.8. The molecule has 0 saturated heterocycles. The Kier molecular flexibility index (Phi) is 4.62. The highest BCUT2D eigenvalue weighted by molar-refractivity contribution is 5.93. The summed E-state index contributed by atoms with van der Waals surface area (Å²) in [5.41, 5.74) is 0.238. The van der Waals surface area contributed by atoms with E-state index < -0.39 is 6.10 Å². The van der Waals surface area contributed by atoms with Crippen molar-refractivity contribution in [3.63, 3.8) is 0 Å². The van der Waals surface area contributed by atoms with Crippen molar-refractivity contribution in [3.05, 3.63) is 64.8 Å². The summed E-state index contributed by atoms with van der Waals surface area (Å²) < 4.78 is 1.39. The second kappa shape index (κ2) is 6.63. The van der Waals surface area contributed by atoms with Crippen LogP contribution in [0.15, 0.2) is 53.7 Å². The number of pyridine rings is 2. The molecule has 6 heteroatoms. The predicted octanol–water partition coefficient (Wildman–Crippen LogP) is 0.0342. The fourth-order valence-electron chi connectivity index (χ4n) is 1.71. The Balaban J connectivity index is 1.87. The third-order valence-electron chi connectivity index (χ3n) is 2.73. The molecule has 0 aliphatic rings. The van der Waals surface area contributed by atoms with Crippen molar-refractivity contribution in [1.29, 1.82) is 0 Å². The van der Waals surface area contributed by atoms with E-state index in [0.29, 0.717) is 5.56 Å². The van der Waals surface area contributed by atoms with Crippen LogP contribution in [-0.2, 0) is 6.54 Å². The quantitative estimate of drug-likeness (QED) is 0.805. The summed E-state index contributed by atoms with van der Waals surface area (Å²) in [7, 11) is 0. The Morgan fingerprint density at radius 1 is 1.35 bits per heavy atom. The van der Waals surface area contributed by atoms with Crippen molar-refractivity contribution < 1.29 is 9.90 Å². The van der Waals surface area contributed by atoms with Crippen LogP contribution in [0.3, 0.4) is 0 Å². The number of nitrogens with one attached hydrogen (secondary N) is 1. The molecule has 0 aliphatic carbocycles. The molecule has 0 spiro atoms. The summed E-state index contributed by atoms with van der Waals surface area (Å²) in [6.07, 6.45) is 3.78. The number of carbonyl (C=O) groups excluding carboxylic acids is 1. The van der Waals surface area contributed by atoms with Crippen molar-refractivity contribution in [2.45, 2.75) is 12.6 Å². The molecule has 2 aromatic rings. The van der Waals surface area contributed by atoms with Crippen LogP contribution in [0.25, 0.3) is 0 Å². The first-order valence-corrected chi connectivity index (χ1v) is 6.18. The number of aromatic nitrogens is 2. The van der Waals surface area contributed by atoms with E-state index in [0.717, 1.165) is 0 Å². The molecule has 0 bridgehead atoms. The molecule has 1 atom stereocenters. The zero-order valence-corrected chi connectivity index (χ0v) is 10.8. The van der Waals surface area contributed by atoms with Gasteiger partial charge in [0.05, 0.1) is 18.2 Å².